The minimum atomic E-state index is -0.952. The van der Waals surface area contributed by atoms with E-state index in [4.69, 9.17) is 38.4 Å². The fourth-order valence-corrected chi connectivity index (χ4v) is 8.89. The van der Waals surface area contributed by atoms with Crippen molar-refractivity contribution in [2.75, 3.05) is 27.4 Å². The molecule has 2 aromatic rings. The van der Waals surface area contributed by atoms with Crippen LogP contribution in [-0.2, 0) is 42.8 Å². The van der Waals surface area contributed by atoms with Gasteiger partial charge >= 0.3 is 11.9 Å². The normalized spacial score (nSPS) is 23.4. The highest BCUT2D eigenvalue weighted by atomic mass is 16.6. The molecule has 6 aliphatic rings. The number of allylic oxidation sites excluding steroid dienone is 6. The predicted octanol–water partition coefficient (Wildman–Crippen LogP) is 5.89. The van der Waals surface area contributed by atoms with Crippen molar-refractivity contribution in [2.24, 2.45) is 9.98 Å². The van der Waals surface area contributed by atoms with Crippen molar-refractivity contribution in [3.05, 3.63) is 117 Å². The molecule has 15 heteroatoms. The summed E-state index contributed by atoms with van der Waals surface area (Å²) in [5.41, 5.74) is 9.17. The Morgan fingerprint density at radius 1 is 0.633 bits per heavy atom. The third-order valence-electron chi connectivity index (χ3n) is 11.6. The first-order valence-corrected chi connectivity index (χ1v) is 20.6. The van der Waals surface area contributed by atoms with E-state index in [9.17, 15) is 14.4 Å². The molecule has 0 amide bonds. The van der Waals surface area contributed by atoms with Crippen LogP contribution in [-0.4, -0.2) is 101 Å². The van der Waals surface area contributed by atoms with Crippen molar-refractivity contribution in [1.82, 2.24) is 19.9 Å². The molecule has 2 aliphatic heterocycles. The van der Waals surface area contributed by atoms with Crippen LogP contribution in [0.2, 0.25) is 0 Å². The van der Waals surface area contributed by atoms with E-state index in [-0.39, 0.29) is 24.9 Å². The zero-order chi connectivity index (χ0) is 41.8. The summed E-state index contributed by atoms with van der Waals surface area (Å²) in [6.45, 7) is 4.82. The average molecular weight is 817 g/mol. The molecule has 0 unspecified atom stereocenters. The minimum absolute atomic E-state index is 0.107. The number of nitrogens with zero attached hydrogens (tertiary/aromatic N) is 6. The summed E-state index contributed by atoms with van der Waals surface area (Å²) >= 11 is 0. The van der Waals surface area contributed by atoms with Crippen molar-refractivity contribution in [3.8, 4) is 0 Å². The Bertz CT molecular complexity index is 2310. The third kappa shape index (κ3) is 8.30. The fourth-order valence-electron chi connectivity index (χ4n) is 8.89. The molecule has 0 N–H and O–H groups in total. The number of aliphatic imine (C=N–C) groups is 2. The SMILES string of the molecule is CCOC1=C(OC)C=C2C(c3cncnc3)=N[C@@H]3CC[C@@H](OC(=O)CCC(=O)C(=O)O[C@@H]4CC[C@H]5N=C(c6cncnc6)C6=CC(OC)=C(OCC)CC6=C5C4)CC3=C2C1. The molecule has 0 bridgehead atoms. The molecule has 0 spiro atoms. The zero-order valence-electron chi connectivity index (χ0n) is 34.3. The molecule has 0 saturated heterocycles. The monoisotopic (exact) mass is 816 g/mol. The molecule has 60 heavy (non-hydrogen) atoms. The van der Waals surface area contributed by atoms with Crippen molar-refractivity contribution >= 4 is 29.1 Å². The van der Waals surface area contributed by atoms with Crippen LogP contribution in [0.5, 0.6) is 0 Å². The number of ketones is 1. The number of fused-ring (bicyclic) bond motifs is 4. The van der Waals surface area contributed by atoms with E-state index < -0.39 is 29.9 Å². The summed E-state index contributed by atoms with van der Waals surface area (Å²) in [7, 11) is 3.22. The summed E-state index contributed by atoms with van der Waals surface area (Å²) in [6.07, 6.45) is 16.6. The van der Waals surface area contributed by atoms with E-state index >= 15 is 0 Å². The van der Waals surface area contributed by atoms with Crippen LogP contribution in [0.15, 0.2) is 116 Å². The second kappa shape index (κ2) is 17.9. The van der Waals surface area contributed by atoms with Crippen molar-refractivity contribution in [3.63, 3.8) is 0 Å². The van der Waals surface area contributed by atoms with Gasteiger partial charge < -0.3 is 28.4 Å². The van der Waals surface area contributed by atoms with Crippen LogP contribution in [0.25, 0.3) is 0 Å². The number of dihydropyridines is 2. The fraction of sp³-hybridized carbons (Fsp3) is 0.444. The van der Waals surface area contributed by atoms with Crippen molar-refractivity contribution in [1.29, 1.82) is 0 Å². The molecule has 4 aliphatic carbocycles. The van der Waals surface area contributed by atoms with E-state index in [1.165, 1.54) is 12.7 Å². The first kappa shape index (κ1) is 40.5. The van der Waals surface area contributed by atoms with Gasteiger partial charge in [-0.3, -0.25) is 19.6 Å². The maximum atomic E-state index is 13.2. The smallest absolute Gasteiger partial charge is 0.374 e. The van der Waals surface area contributed by atoms with E-state index in [0.29, 0.717) is 81.9 Å². The molecule has 4 heterocycles. The lowest BCUT2D eigenvalue weighted by molar-refractivity contribution is -0.159. The maximum absolute atomic E-state index is 13.2. The van der Waals surface area contributed by atoms with E-state index in [1.807, 2.05) is 26.0 Å². The molecule has 0 radical (unpaired) electrons. The Balaban J connectivity index is 0.898. The summed E-state index contributed by atoms with van der Waals surface area (Å²) in [4.78, 5) is 66.5. The van der Waals surface area contributed by atoms with Gasteiger partial charge in [0, 0.05) is 79.2 Å². The van der Waals surface area contributed by atoms with Gasteiger partial charge in [-0.05, 0) is 74.0 Å². The highest BCUT2D eigenvalue weighted by Crippen LogP contribution is 2.45. The molecule has 2 fully saturated rings. The number of carbonyl (C=O) groups is 3. The lowest BCUT2D eigenvalue weighted by Gasteiger charge is -2.37. The summed E-state index contributed by atoms with van der Waals surface area (Å²) in [5, 5.41) is 0. The number of esters is 2. The number of ether oxygens (including phenoxy) is 6. The largest absolute Gasteiger partial charge is 0.494 e. The topological polar surface area (TPSA) is 183 Å². The van der Waals surface area contributed by atoms with Crippen molar-refractivity contribution in [2.45, 2.75) is 102 Å². The number of carbonyl (C=O) groups excluding carboxylic acids is 3. The highest BCUT2D eigenvalue weighted by molar-refractivity contribution is 6.33. The average Bonchev–Trinajstić information content (AvgIpc) is 3.28. The van der Waals surface area contributed by atoms with Crippen LogP contribution in [0.1, 0.15) is 89.2 Å². The summed E-state index contributed by atoms with van der Waals surface area (Å²) in [6, 6.07) is -0.246. The Kier molecular flexibility index (Phi) is 12.1. The summed E-state index contributed by atoms with van der Waals surface area (Å²) in [5.74, 6) is 0.438. The number of aromatic nitrogens is 4. The molecule has 4 atom stereocenters. The Labute approximate surface area is 348 Å². The quantitative estimate of drug-likeness (QED) is 0.163. The van der Waals surface area contributed by atoms with Gasteiger partial charge in [0.2, 0.25) is 5.78 Å². The van der Waals surface area contributed by atoms with E-state index in [1.54, 1.807) is 39.0 Å². The minimum Gasteiger partial charge on any atom is -0.494 e. The molecule has 2 saturated carbocycles. The van der Waals surface area contributed by atoms with Gasteiger partial charge in [0.05, 0.1) is 57.4 Å². The molecule has 0 aromatic carbocycles. The molecular weight excluding hydrogens is 769 g/mol. The lowest BCUT2D eigenvalue weighted by atomic mass is 9.76. The maximum Gasteiger partial charge on any atom is 0.374 e. The number of methoxy groups -OCH3 is 2. The first-order chi connectivity index (χ1) is 29.3. The van der Waals surface area contributed by atoms with E-state index in [0.717, 1.165) is 61.7 Å². The van der Waals surface area contributed by atoms with Gasteiger partial charge in [0.25, 0.3) is 0 Å². The first-order valence-electron chi connectivity index (χ1n) is 20.6. The number of hydrogen-bond donors (Lipinski definition) is 0. The van der Waals surface area contributed by atoms with Gasteiger partial charge in [-0.25, -0.2) is 24.7 Å². The standard InChI is InChI=1S/C45H48N6O9/c1-5-57-40-15-29-31-13-27(7-9-35(31)50-43(25-19-46-23-47-20-25)33(29)17-38(40)55-3)59-42(53)12-11-37(52)45(54)60-28-8-10-36-32(14-28)30-16-41(58-6-2)39(56-4)18-34(30)44(51-36)26-21-48-24-49-22-26/h17-24,27-28,35-36H,5-16H2,1-4H3/t27-,28-,35-,36-/m1/s1. The van der Waals surface area contributed by atoms with Crippen LogP contribution in [0.4, 0.5) is 0 Å². The number of hydrogen-bond acceptors (Lipinski definition) is 15. The van der Waals surface area contributed by atoms with Gasteiger partial charge in [-0.15, -0.1) is 0 Å². The van der Waals surface area contributed by atoms with Crippen LogP contribution < -0.4 is 0 Å². The second-order valence-electron chi connectivity index (χ2n) is 15.2. The Morgan fingerprint density at radius 3 is 1.55 bits per heavy atom. The zero-order valence-corrected chi connectivity index (χ0v) is 34.3. The molecule has 2 aromatic heterocycles. The van der Waals surface area contributed by atoms with Crippen LogP contribution in [0, 0.1) is 0 Å². The number of Topliss-reactive ketones (excluding diaryl/α,β-unsaturated/α-hetero) is 1. The number of rotatable bonds is 14. The second-order valence-corrected chi connectivity index (χ2v) is 15.2. The van der Waals surface area contributed by atoms with Gasteiger partial charge in [0.1, 0.15) is 36.4 Å². The lowest BCUT2D eigenvalue weighted by Crippen LogP contribution is -2.35. The molecule has 312 valence electrons. The van der Waals surface area contributed by atoms with E-state index in [2.05, 4.69) is 19.9 Å². The van der Waals surface area contributed by atoms with Gasteiger partial charge in [0.15, 0.2) is 11.5 Å². The molecule has 15 nitrogen and oxygen atoms in total. The van der Waals surface area contributed by atoms with Crippen LogP contribution >= 0.6 is 0 Å². The Morgan fingerprint density at radius 2 is 1.10 bits per heavy atom. The third-order valence-corrected chi connectivity index (χ3v) is 11.6. The van der Waals surface area contributed by atoms with Crippen LogP contribution in [0.3, 0.4) is 0 Å². The highest BCUT2D eigenvalue weighted by Gasteiger charge is 2.40. The Hall–Kier alpha value is -6.25. The molecular formula is C45H48N6O9. The summed E-state index contributed by atoms with van der Waals surface area (Å²) < 4.78 is 35.1. The predicted molar refractivity (Wildman–Crippen MR) is 217 cm³/mol. The molecule has 8 rings (SSSR count). The van der Waals surface area contributed by atoms with Crippen molar-refractivity contribution < 1.29 is 42.8 Å². The van der Waals surface area contributed by atoms with Gasteiger partial charge in [-0.2, -0.15) is 0 Å². The van der Waals surface area contributed by atoms with Gasteiger partial charge in [-0.1, -0.05) is 0 Å².